The van der Waals surface area contributed by atoms with Crippen molar-refractivity contribution in [3.05, 3.63) is 59.7 Å². The summed E-state index contributed by atoms with van der Waals surface area (Å²) in [5.74, 6) is -1.64. The molecule has 5 heteroatoms. The van der Waals surface area contributed by atoms with Gasteiger partial charge in [-0.15, -0.1) is 0 Å². The van der Waals surface area contributed by atoms with Gasteiger partial charge >= 0.3 is 11.9 Å². The Kier molecular flexibility index (Phi) is 4.12. The summed E-state index contributed by atoms with van der Waals surface area (Å²) in [5.41, 5.74) is 9.99. The van der Waals surface area contributed by atoms with E-state index in [1.54, 1.807) is 0 Å². The van der Waals surface area contributed by atoms with Gasteiger partial charge in [0.1, 0.15) is 6.61 Å². The van der Waals surface area contributed by atoms with E-state index in [0.29, 0.717) is 0 Å². The first-order chi connectivity index (χ1) is 11.1. The quantitative estimate of drug-likeness (QED) is 0.688. The molecule has 118 valence electrons. The van der Waals surface area contributed by atoms with Crippen LogP contribution in [0.5, 0.6) is 0 Å². The summed E-state index contributed by atoms with van der Waals surface area (Å²) >= 11 is 0. The van der Waals surface area contributed by atoms with Gasteiger partial charge in [-0.2, -0.15) is 0 Å². The predicted molar refractivity (Wildman–Crippen MR) is 84.7 cm³/mol. The zero-order chi connectivity index (χ0) is 16.4. The minimum atomic E-state index is -1.41. The lowest BCUT2D eigenvalue weighted by molar-refractivity contribution is -0.155. The highest BCUT2D eigenvalue weighted by molar-refractivity contribution is 5.98. The van der Waals surface area contributed by atoms with E-state index in [1.165, 1.54) is 7.11 Å². The smallest absolute Gasteiger partial charge is 0.334 e. The Morgan fingerprint density at radius 2 is 1.52 bits per heavy atom. The molecule has 1 atom stereocenters. The normalized spacial score (nSPS) is 13.8. The molecule has 1 aliphatic carbocycles. The van der Waals surface area contributed by atoms with Crippen molar-refractivity contribution in [2.45, 2.75) is 12.0 Å². The van der Waals surface area contributed by atoms with Crippen LogP contribution in [0.3, 0.4) is 0 Å². The van der Waals surface area contributed by atoms with E-state index in [4.69, 9.17) is 10.5 Å². The molecule has 0 radical (unpaired) electrons. The second-order valence-electron chi connectivity index (χ2n) is 5.36. The fourth-order valence-corrected chi connectivity index (χ4v) is 2.92. The van der Waals surface area contributed by atoms with E-state index in [0.717, 1.165) is 22.3 Å². The van der Waals surface area contributed by atoms with E-state index in [9.17, 15) is 9.59 Å². The molecule has 0 fully saturated rings. The molecular weight excluding hydrogens is 294 g/mol. The second-order valence-corrected chi connectivity index (χ2v) is 5.36. The maximum Gasteiger partial charge on any atom is 0.334 e. The number of fused-ring (bicyclic) bond motifs is 3. The molecule has 1 aliphatic rings. The molecule has 0 heterocycles. The van der Waals surface area contributed by atoms with E-state index >= 15 is 0 Å². The van der Waals surface area contributed by atoms with Gasteiger partial charge in [-0.1, -0.05) is 48.5 Å². The lowest BCUT2D eigenvalue weighted by Crippen LogP contribution is -2.41. The van der Waals surface area contributed by atoms with E-state index in [-0.39, 0.29) is 12.5 Å². The average Bonchev–Trinajstić information content (AvgIpc) is 2.92. The van der Waals surface area contributed by atoms with Gasteiger partial charge in [0.05, 0.1) is 7.11 Å². The molecule has 3 rings (SSSR count). The molecular formula is C18H17NO4. The Bertz CT molecular complexity index is 711. The monoisotopic (exact) mass is 311 g/mol. The molecule has 0 bridgehead atoms. The van der Waals surface area contributed by atoms with Crippen LogP contribution >= 0.6 is 0 Å². The van der Waals surface area contributed by atoms with Gasteiger partial charge in [0.25, 0.3) is 0 Å². The summed E-state index contributed by atoms with van der Waals surface area (Å²) in [6, 6.07) is 14.6. The molecule has 0 spiro atoms. The zero-order valence-electron chi connectivity index (χ0n) is 12.7. The van der Waals surface area contributed by atoms with Crippen LogP contribution in [-0.2, 0) is 19.1 Å². The molecule has 5 nitrogen and oxygen atoms in total. The third-order valence-corrected chi connectivity index (χ3v) is 4.06. The molecule has 2 aromatic rings. The fraction of sp³-hybridized carbons (Fsp3) is 0.222. The fourth-order valence-electron chi connectivity index (χ4n) is 2.92. The Hall–Kier alpha value is -2.66. The molecule has 0 aliphatic heterocycles. The first kappa shape index (κ1) is 15.2. The van der Waals surface area contributed by atoms with Gasteiger partial charge in [-0.05, 0) is 22.3 Å². The minimum absolute atomic E-state index is 0.0591. The lowest BCUT2D eigenvalue weighted by atomic mass is 9.98. The maximum atomic E-state index is 11.9. The molecule has 0 amide bonds. The van der Waals surface area contributed by atoms with E-state index < -0.39 is 18.0 Å². The SMILES string of the molecule is COC(=O)C(N)C(=O)OCC1c2ccccc2-c2ccccc21. The number of carbonyl (C=O) groups excluding carboxylic acids is 2. The Morgan fingerprint density at radius 1 is 1.00 bits per heavy atom. The average molecular weight is 311 g/mol. The van der Waals surface area contributed by atoms with Gasteiger partial charge < -0.3 is 15.2 Å². The highest BCUT2D eigenvalue weighted by atomic mass is 16.6. The van der Waals surface area contributed by atoms with Crippen LogP contribution in [0, 0.1) is 0 Å². The molecule has 23 heavy (non-hydrogen) atoms. The van der Waals surface area contributed by atoms with Gasteiger partial charge in [0.2, 0.25) is 6.04 Å². The molecule has 0 saturated heterocycles. The highest BCUT2D eigenvalue weighted by Gasteiger charge is 2.31. The van der Waals surface area contributed by atoms with Crippen LogP contribution in [0.1, 0.15) is 17.0 Å². The van der Waals surface area contributed by atoms with Gasteiger partial charge in [-0.25, -0.2) is 9.59 Å². The Balaban J connectivity index is 1.81. The summed E-state index contributed by atoms with van der Waals surface area (Å²) in [6.45, 7) is 0.136. The zero-order valence-corrected chi connectivity index (χ0v) is 12.7. The summed E-state index contributed by atoms with van der Waals surface area (Å²) in [7, 11) is 1.18. The van der Waals surface area contributed by atoms with Crippen molar-refractivity contribution in [2.24, 2.45) is 5.73 Å². The predicted octanol–water partition coefficient (Wildman–Crippen LogP) is 1.84. The number of nitrogens with two attached hydrogens (primary N) is 1. The summed E-state index contributed by atoms with van der Waals surface area (Å²) in [5, 5.41) is 0. The third kappa shape index (κ3) is 2.71. The second kappa shape index (κ2) is 6.22. The lowest BCUT2D eigenvalue weighted by Gasteiger charge is -2.15. The summed E-state index contributed by atoms with van der Waals surface area (Å²) in [4.78, 5) is 23.2. The summed E-state index contributed by atoms with van der Waals surface area (Å²) in [6.07, 6.45) is 0. The molecule has 0 aromatic heterocycles. The van der Waals surface area contributed by atoms with Crippen molar-refractivity contribution in [1.29, 1.82) is 0 Å². The van der Waals surface area contributed by atoms with E-state index in [1.807, 2.05) is 36.4 Å². The van der Waals surface area contributed by atoms with Crippen LogP contribution in [0.25, 0.3) is 11.1 Å². The number of rotatable bonds is 4. The number of methoxy groups -OCH3 is 1. The molecule has 1 unspecified atom stereocenters. The minimum Gasteiger partial charge on any atom is -0.467 e. The number of ether oxygens (including phenoxy) is 2. The van der Waals surface area contributed by atoms with Gasteiger partial charge in [-0.3, -0.25) is 0 Å². The van der Waals surface area contributed by atoms with Crippen molar-refractivity contribution in [2.75, 3.05) is 13.7 Å². The first-order valence-corrected chi connectivity index (χ1v) is 7.31. The van der Waals surface area contributed by atoms with E-state index in [2.05, 4.69) is 16.9 Å². The molecule has 0 saturated carbocycles. The maximum absolute atomic E-state index is 11.9. The van der Waals surface area contributed by atoms with Crippen LogP contribution in [0.4, 0.5) is 0 Å². The van der Waals surface area contributed by atoms with Crippen molar-refractivity contribution >= 4 is 11.9 Å². The highest BCUT2D eigenvalue weighted by Crippen LogP contribution is 2.44. The van der Waals surface area contributed by atoms with Crippen LogP contribution in [0.2, 0.25) is 0 Å². The van der Waals surface area contributed by atoms with Crippen molar-refractivity contribution in [3.63, 3.8) is 0 Å². The van der Waals surface area contributed by atoms with Crippen LogP contribution in [0.15, 0.2) is 48.5 Å². The van der Waals surface area contributed by atoms with Gasteiger partial charge in [0, 0.05) is 5.92 Å². The Labute approximate surface area is 134 Å². The molecule has 2 N–H and O–H groups in total. The first-order valence-electron chi connectivity index (χ1n) is 7.31. The Morgan fingerprint density at radius 3 is 2.04 bits per heavy atom. The van der Waals surface area contributed by atoms with Crippen molar-refractivity contribution in [1.82, 2.24) is 0 Å². The number of hydrogen-bond donors (Lipinski definition) is 1. The van der Waals surface area contributed by atoms with Crippen molar-refractivity contribution in [3.8, 4) is 11.1 Å². The number of esters is 2. The standard InChI is InChI=1S/C18H17NO4/c1-22-17(20)16(19)18(21)23-10-15-13-8-4-2-6-11(13)12-7-3-5-9-14(12)15/h2-9,15-16H,10,19H2,1H3. The van der Waals surface area contributed by atoms with Crippen LogP contribution in [-0.4, -0.2) is 31.7 Å². The van der Waals surface area contributed by atoms with Gasteiger partial charge in [0.15, 0.2) is 0 Å². The van der Waals surface area contributed by atoms with Crippen LogP contribution < -0.4 is 5.73 Å². The topological polar surface area (TPSA) is 78.6 Å². The number of benzene rings is 2. The third-order valence-electron chi connectivity index (χ3n) is 4.06. The number of carbonyl (C=O) groups is 2. The number of hydrogen-bond acceptors (Lipinski definition) is 5. The largest absolute Gasteiger partial charge is 0.467 e. The van der Waals surface area contributed by atoms with Crippen molar-refractivity contribution < 1.29 is 19.1 Å². The molecule has 2 aromatic carbocycles. The summed E-state index contributed by atoms with van der Waals surface area (Å²) < 4.78 is 9.71.